The molecule has 0 aromatic heterocycles. The first-order valence-electron chi connectivity index (χ1n) is 6.63. The minimum Gasteiger partial charge on any atom is -0.374 e. The van der Waals surface area contributed by atoms with Gasteiger partial charge in [0.2, 0.25) is 0 Å². The molecule has 0 heterocycles. The van der Waals surface area contributed by atoms with Crippen LogP contribution < -0.4 is 4.90 Å². The molecule has 0 aliphatic heterocycles. The van der Waals surface area contributed by atoms with E-state index in [0.29, 0.717) is 13.0 Å². The largest absolute Gasteiger partial charge is 0.374 e. The van der Waals surface area contributed by atoms with Crippen LogP contribution in [0.5, 0.6) is 0 Å². The molecule has 0 fully saturated rings. The Morgan fingerprint density at radius 3 is 2.50 bits per heavy atom. The number of hydrogen-bond donors (Lipinski definition) is 0. The van der Waals surface area contributed by atoms with E-state index in [4.69, 9.17) is 0 Å². The Hall–Kier alpha value is -2.16. The van der Waals surface area contributed by atoms with E-state index in [2.05, 4.69) is 0 Å². The van der Waals surface area contributed by atoms with Crippen LogP contribution in [0.25, 0.3) is 0 Å². The van der Waals surface area contributed by atoms with Crippen molar-refractivity contribution >= 4 is 11.5 Å². The summed E-state index contributed by atoms with van der Waals surface area (Å²) in [6, 6.07) is 13.9. The third-order valence-corrected chi connectivity index (χ3v) is 3.30. The SMILES string of the molecule is Cc1ccc(C(=O)CCN(C)c2cccc(F)c2)cc1. The first-order chi connectivity index (χ1) is 9.56. The van der Waals surface area contributed by atoms with Crippen molar-refractivity contribution in [1.29, 1.82) is 0 Å². The van der Waals surface area contributed by atoms with Gasteiger partial charge < -0.3 is 4.90 Å². The fraction of sp³-hybridized carbons (Fsp3) is 0.235. The Balaban J connectivity index is 1.94. The summed E-state index contributed by atoms with van der Waals surface area (Å²) < 4.78 is 13.1. The van der Waals surface area contributed by atoms with Gasteiger partial charge in [-0.25, -0.2) is 4.39 Å². The Kier molecular flexibility index (Phi) is 4.51. The van der Waals surface area contributed by atoms with Gasteiger partial charge >= 0.3 is 0 Å². The lowest BCUT2D eigenvalue weighted by Gasteiger charge is -2.18. The van der Waals surface area contributed by atoms with Crippen LogP contribution in [0.3, 0.4) is 0 Å². The van der Waals surface area contributed by atoms with Crippen molar-refractivity contribution in [1.82, 2.24) is 0 Å². The lowest BCUT2D eigenvalue weighted by atomic mass is 10.1. The second-order valence-corrected chi connectivity index (χ2v) is 4.94. The smallest absolute Gasteiger partial charge is 0.164 e. The standard InChI is InChI=1S/C17H18FNO/c1-13-6-8-14(9-7-13)17(20)10-11-19(2)16-5-3-4-15(18)12-16/h3-9,12H,10-11H2,1-2H3. The van der Waals surface area contributed by atoms with Gasteiger partial charge in [-0.1, -0.05) is 35.9 Å². The van der Waals surface area contributed by atoms with Crippen molar-refractivity contribution in [2.45, 2.75) is 13.3 Å². The zero-order valence-corrected chi connectivity index (χ0v) is 11.8. The predicted octanol–water partition coefficient (Wildman–Crippen LogP) is 3.84. The van der Waals surface area contributed by atoms with Crippen molar-refractivity contribution in [3.8, 4) is 0 Å². The summed E-state index contributed by atoms with van der Waals surface area (Å²) in [6.07, 6.45) is 0.413. The molecular formula is C17H18FNO. The Morgan fingerprint density at radius 1 is 1.15 bits per heavy atom. The number of rotatable bonds is 5. The van der Waals surface area contributed by atoms with Crippen LogP contribution in [0.1, 0.15) is 22.3 Å². The van der Waals surface area contributed by atoms with Crippen molar-refractivity contribution < 1.29 is 9.18 Å². The van der Waals surface area contributed by atoms with Crippen LogP contribution in [-0.2, 0) is 0 Å². The molecule has 0 atom stereocenters. The van der Waals surface area contributed by atoms with E-state index in [0.717, 1.165) is 16.8 Å². The Bertz CT molecular complexity index is 592. The number of hydrogen-bond acceptors (Lipinski definition) is 2. The van der Waals surface area contributed by atoms with Crippen molar-refractivity contribution in [2.24, 2.45) is 0 Å². The van der Waals surface area contributed by atoms with E-state index < -0.39 is 0 Å². The van der Waals surface area contributed by atoms with Gasteiger partial charge in [0, 0.05) is 31.3 Å². The summed E-state index contributed by atoms with van der Waals surface area (Å²) >= 11 is 0. The third-order valence-electron chi connectivity index (χ3n) is 3.30. The summed E-state index contributed by atoms with van der Waals surface area (Å²) in [7, 11) is 1.86. The molecule has 20 heavy (non-hydrogen) atoms. The molecule has 0 aliphatic carbocycles. The van der Waals surface area contributed by atoms with E-state index >= 15 is 0 Å². The molecule has 0 N–H and O–H groups in total. The van der Waals surface area contributed by atoms with Crippen LogP contribution in [-0.4, -0.2) is 19.4 Å². The fourth-order valence-corrected chi connectivity index (χ4v) is 2.00. The highest BCUT2D eigenvalue weighted by atomic mass is 19.1. The highest BCUT2D eigenvalue weighted by Crippen LogP contribution is 2.15. The molecule has 0 aliphatic rings. The van der Waals surface area contributed by atoms with Crippen LogP contribution in [0, 0.1) is 12.7 Å². The van der Waals surface area contributed by atoms with Gasteiger partial charge in [0.25, 0.3) is 0 Å². The molecule has 0 saturated carbocycles. The maximum absolute atomic E-state index is 13.1. The number of Topliss-reactive ketones (excluding diaryl/α,β-unsaturated/α-hetero) is 1. The average molecular weight is 271 g/mol. The second kappa shape index (κ2) is 6.33. The summed E-state index contributed by atoms with van der Waals surface area (Å²) in [4.78, 5) is 13.9. The number of anilines is 1. The summed E-state index contributed by atoms with van der Waals surface area (Å²) in [5.74, 6) is -0.160. The van der Waals surface area contributed by atoms with Crippen LogP contribution in [0.15, 0.2) is 48.5 Å². The molecule has 0 bridgehead atoms. The minimum absolute atomic E-state index is 0.105. The normalized spacial score (nSPS) is 10.3. The molecule has 0 saturated heterocycles. The zero-order chi connectivity index (χ0) is 14.5. The maximum atomic E-state index is 13.1. The van der Waals surface area contributed by atoms with Gasteiger partial charge in [-0.05, 0) is 25.1 Å². The first kappa shape index (κ1) is 14.3. The van der Waals surface area contributed by atoms with E-state index in [1.807, 2.05) is 49.2 Å². The van der Waals surface area contributed by atoms with Crippen molar-refractivity contribution in [2.75, 3.05) is 18.5 Å². The molecule has 2 rings (SSSR count). The van der Waals surface area contributed by atoms with Gasteiger partial charge in [0.1, 0.15) is 5.82 Å². The van der Waals surface area contributed by atoms with Gasteiger partial charge in [-0.15, -0.1) is 0 Å². The lowest BCUT2D eigenvalue weighted by molar-refractivity contribution is 0.0985. The monoisotopic (exact) mass is 271 g/mol. The van der Waals surface area contributed by atoms with Crippen LogP contribution >= 0.6 is 0 Å². The first-order valence-corrected chi connectivity index (χ1v) is 6.63. The molecule has 104 valence electrons. The average Bonchev–Trinajstić information content (AvgIpc) is 2.45. The van der Waals surface area contributed by atoms with Gasteiger partial charge in [0.05, 0.1) is 0 Å². The summed E-state index contributed by atoms with van der Waals surface area (Å²) in [5.41, 5.74) is 2.64. The molecule has 0 spiro atoms. The molecule has 2 aromatic rings. The molecule has 2 nitrogen and oxygen atoms in total. The molecule has 3 heteroatoms. The summed E-state index contributed by atoms with van der Waals surface area (Å²) in [5, 5.41) is 0. The highest BCUT2D eigenvalue weighted by molar-refractivity contribution is 5.96. The molecule has 2 aromatic carbocycles. The fourth-order valence-electron chi connectivity index (χ4n) is 2.00. The predicted molar refractivity (Wildman–Crippen MR) is 79.8 cm³/mol. The quantitative estimate of drug-likeness (QED) is 0.770. The van der Waals surface area contributed by atoms with Crippen LogP contribution in [0.4, 0.5) is 10.1 Å². The van der Waals surface area contributed by atoms with E-state index in [9.17, 15) is 9.18 Å². The number of carbonyl (C=O) groups excluding carboxylic acids is 1. The Labute approximate surface area is 118 Å². The number of ketones is 1. The van der Waals surface area contributed by atoms with Crippen molar-refractivity contribution in [3.05, 3.63) is 65.5 Å². The molecule has 0 amide bonds. The lowest BCUT2D eigenvalue weighted by Crippen LogP contribution is -2.21. The van der Waals surface area contributed by atoms with E-state index in [1.54, 1.807) is 6.07 Å². The minimum atomic E-state index is -0.265. The highest BCUT2D eigenvalue weighted by Gasteiger charge is 2.08. The maximum Gasteiger partial charge on any atom is 0.164 e. The number of aryl methyl sites for hydroxylation is 1. The third kappa shape index (κ3) is 3.67. The number of halogens is 1. The van der Waals surface area contributed by atoms with Crippen LogP contribution in [0.2, 0.25) is 0 Å². The van der Waals surface area contributed by atoms with Gasteiger partial charge in [0.15, 0.2) is 5.78 Å². The van der Waals surface area contributed by atoms with Gasteiger partial charge in [-0.2, -0.15) is 0 Å². The number of benzene rings is 2. The van der Waals surface area contributed by atoms with Crippen molar-refractivity contribution in [3.63, 3.8) is 0 Å². The summed E-state index contributed by atoms with van der Waals surface area (Å²) in [6.45, 7) is 2.56. The Morgan fingerprint density at radius 2 is 1.85 bits per heavy atom. The van der Waals surface area contributed by atoms with Gasteiger partial charge in [-0.3, -0.25) is 4.79 Å². The second-order valence-electron chi connectivity index (χ2n) is 4.94. The molecular weight excluding hydrogens is 253 g/mol. The molecule has 0 unspecified atom stereocenters. The number of carbonyl (C=O) groups is 1. The van der Waals surface area contributed by atoms with E-state index in [-0.39, 0.29) is 11.6 Å². The topological polar surface area (TPSA) is 20.3 Å². The molecule has 0 radical (unpaired) electrons. The number of nitrogens with zero attached hydrogens (tertiary/aromatic N) is 1. The van der Waals surface area contributed by atoms with E-state index in [1.165, 1.54) is 12.1 Å². The zero-order valence-electron chi connectivity index (χ0n) is 11.8.